The minimum absolute atomic E-state index is 0.212. The SMILES string of the molecule is CCn1nc(C)c(NC(=O)c2cc(NC(=O)c3ccccc3)n(C)n2)c1C. The summed E-state index contributed by atoms with van der Waals surface area (Å²) in [6.07, 6.45) is 0. The van der Waals surface area contributed by atoms with E-state index in [1.165, 1.54) is 4.68 Å². The third-order valence-corrected chi connectivity index (χ3v) is 4.31. The Labute approximate surface area is 157 Å². The van der Waals surface area contributed by atoms with Gasteiger partial charge < -0.3 is 10.6 Å². The monoisotopic (exact) mass is 366 g/mol. The van der Waals surface area contributed by atoms with Gasteiger partial charge in [-0.05, 0) is 32.9 Å². The second kappa shape index (κ2) is 7.45. The molecule has 1 aromatic carbocycles. The maximum absolute atomic E-state index is 12.6. The predicted octanol–water partition coefficient (Wildman–Crippen LogP) is 2.76. The molecule has 0 bridgehead atoms. The van der Waals surface area contributed by atoms with E-state index in [1.54, 1.807) is 37.4 Å². The zero-order chi connectivity index (χ0) is 19.6. The van der Waals surface area contributed by atoms with Crippen molar-refractivity contribution in [3.8, 4) is 0 Å². The number of nitrogens with one attached hydrogen (secondary N) is 2. The molecule has 2 N–H and O–H groups in total. The number of hydrogen-bond acceptors (Lipinski definition) is 4. The van der Waals surface area contributed by atoms with Crippen molar-refractivity contribution in [2.45, 2.75) is 27.3 Å². The Kier molecular flexibility index (Phi) is 5.07. The third kappa shape index (κ3) is 3.74. The minimum Gasteiger partial charge on any atom is -0.317 e. The standard InChI is InChI=1S/C19H22N6O2/c1-5-25-13(3)17(12(2)22-25)21-19(27)15-11-16(24(4)23-15)20-18(26)14-9-7-6-8-10-14/h6-11H,5H2,1-4H3,(H,20,26)(H,21,27). The fourth-order valence-corrected chi connectivity index (χ4v) is 2.84. The van der Waals surface area contributed by atoms with Crippen molar-refractivity contribution < 1.29 is 9.59 Å². The average molecular weight is 366 g/mol. The van der Waals surface area contributed by atoms with Crippen molar-refractivity contribution in [3.05, 3.63) is 59.0 Å². The number of amides is 2. The Bertz CT molecular complexity index is 987. The van der Waals surface area contributed by atoms with E-state index >= 15 is 0 Å². The normalized spacial score (nSPS) is 10.7. The highest BCUT2D eigenvalue weighted by atomic mass is 16.2. The van der Waals surface area contributed by atoms with Crippen LogP contribution in [0.4, 0.5) is 11.5 Å². The quantitative estimate of drug-likeness (QED) is 0.726. The highest BCUT2D eigenvalue weighted by Gasteiger charge is 2.18. The van der Waals surface area contributed by atoms with Crippen LogP contribution in [-0.2, 0) is 13.6 Å². The summed E-state index contributed by atoms with van der Waals surface area (Å²) in [5, 5.41) is 14.2. The molecule has 0 unspecified atom stereocenters. The molecular formula is C19H22N6O2. The summed E-state index contributed by atoms with van der Waals surface area (Å²) in [4.78, 5) is 24.9. The maximum atomic E-state index is 12.6. The van der Waals surface area contributed by atoms with Gasteiger partial charge in [0.15, 0.2) is 5.69 Å². The molecule has 8 heteroatoms. The van der Waals surface area contributed by atoms with Crippen LogP contribution in [0.25, 0.3) is 0 Å². The van der Waals surface area contributed by atoms with Crippen LogP contribution in [0.15, 0.2) is 36.4 Å². The summed E-state index contributed by atoms with van der Waals surface area (Å²) in [6.45, 7) is 6.47. The molecule has 3 aromatic rings. The Morgan fingerprint density at radius 1 is 1.04 bits per heavy atom. The Morgan fingerprint density at radius 3 is 2.37 bits per heavy atom. The van der Waals surface area contributed by atoms with E-state index in [4.69, 9.17) is 0 Å². The van der Waals surface area contributed by atoms with Gasteiger partial charge in [0.25, 0.3) is 11.8 Å². The lowest BCUT2D eigenvalue weighted by Crippen LogP contribution is -2.14. The zero-order valence-corrected chi connectivity index (χ0v) is 15.8. The minimum atomic E-state index is -0.354. The number of anilines is 2. The van der Waals surface area contributed by atoms with Gasteiger partial charge in [-0.3, -0.25) is 19.0 Å². The van der Waals surface area contributed by atoms with Gasteiger partial charge >= 0.3 is 0 Å². The molecule has 8 nitrogen and oxygen atoms in total. The summed E-state index contributed by atoms with van der Waals surface area (Å²) in [6, 6.07) is 10.4. The molecule has 2 amide bonds. The Balaban J connectivity index is 1.77. The van der Waals surface area contributed by atoms with E-state index in [9.17, 15) is 9.59 Å². The topological polar surface area (TPSA) is 93.8 Å². The number of aromatic nitrogens is 4. The van der Waals surface area contributed by atoms with Crippen LogP contribution in [0.2, 0.25) is 0 Å². The first-order valence-electron chi connectivity index (χ1n) is 8.66. The van der Waals surface area contributed by atoms with E-state index in [2.05, 4.69) is 20.8 Å². The van der Waals surface area contributed by atoms with Crippen LogP contribution in [0.1, 0.15) is 39.2 Å². The fraction of sp³-hybridized carbons (Fsp3) is 0.263. The molecule has 0 aliphatic rings. The van der Waals surface area contributed by atoms with Crippen molar-refractivity contribution in [1.82, 2.24) is 19.6 Å². The lowest BCUT2D eigenvalue weighted by Gasteiger charge is -2.04. The Hall–Kier alpha value is -3.42. The zero-order valence-electron chi connectivity index (χ0n) is 15.8. The molecule has 0 spiro atoms. The average Bonchev–Trinajstić information content (AvgIpc) is 3.16. The Morgan fingerprint density at radius 2 is 1.74 bits per heavy atom. The van der Waals surface area contributed by atoms with Gasteiger partial charge in [-0.15, -0.1) is 0 Å². The van der Waals surface area contributed by atoms with Crippen LogP contribution in [0, 0.1) is 13.8 Å². The molecule has 0 aliphatic heterocycles. The summed E-state index contributed by atoms with van der Waals surface area (Å²) in [5.41, 5.74) is 3.06. The molecular weight excluding hydrogens is 344 g/mol. The van der Waals surface area contributed by atoms with E-state index in [-0.39, 0.29) is 17.5 Å². The molecule has 0 radical (unpaired) electrons. The second-order valence-corrected chi connectivity index (χ2v) is 6.17. The summed E-state index contributed by atoms with van der Waals surface area (Å²) < 4.78 is 3.29. The number of aryl methyl sites for hydroxylation is 3. The summed E-state index contributed by atoms with van der Waals surface area (Å²) >= 11 is 0. The van der Waals surface area contributed by atoms with E-state index in [0.717, 1.165) is 17.9 Å². The van der Waals surface area contributed by atoms with Crippen molar-refractivity contribution in [3.63, 3.8) is 0 Å². The highest BCUT2D eigenvalue weighted by molar-refractivity contribution is 6.06. The number of carbonyl (C=O) groups excluding carboxylic acids is 2. The molecule has 0 saturated heterocycles. The molecule has 3 rings (SSSR count). The molecule has 0 atom stereocenters. The molecule has 0 saturated carbocycles. The van der Waals surface area contributed by atoms with Crippen LogP contribution in [-0.4, -0.2) is 31.4 Å². The molecule has 140 valence electrons. The van der Waals surface area contributed by atoms with Gasteiger partial charge in [0.05, 0.1) is 17.1 Å². The second-order valence-electron chi connectivity index (χ2n) is 6.17. The van der Waals surface area contributed by atoms with Crippen molar-refractivity contribution >= 4 is 23.3 Å². The smallest absolute Gasteiger partial charge is 0.276 e. The molecule has 0 fully saturated rings. The first kappa shape index (κ1) is 18.4. The van der Waals surface area contributed by atoms with Gasteiger partial charge in [0, 0.05) is 25.2 Å². The van der Waals surface area contributed by atoms with Gasteiger partial charge in [-0.1, -0.05) is 18.2 Å². The molecule has 2 aromatic heterocycles. The van der Waals surface area contributed by atoms with Crippen molar-refractivity contribution in [2.24, 2.45) is 7.05 Å². The van der Waals surface area contributed by atoms with Gasteiger partial charge in [-0.2, -0.15) is 10.2 Å². The van der Waals surface area contributed by atoms with Crippen LogP contribution >= 0.6 is 0 Å². The van der Waals surface area contributed by atoms with E-state index in [1.807, 2.05) is 31.5 Å². The van der Waals surface area contributed by atoms with Crippen molar-refractivity contribution in [2.75, 3.05) is 10.6 Å². The fourth-order valence-electron chi connectivity index (χ4n) is 2.84. The lowest BCUT2D eigenvalue weighted by molar-refractivity contribution is 0.101. The first-order chi connectivity index (χ1) is 12.9. The van der Waals surface area contributed by atoms with Crippen LogP contribution in [0.5, 0.6) is 0 Å². The number of benzene rings is 1. The molecule has 0 aliphatic carbocycles. The number of rotatable bonds is 5. The van der Waals surface area contributed by atoms with Gasteiger partial charge in [0.2, 0.25) is 0 Å². The first-order valence-corrected chi connectivity index (χ1v) is 8.66. The van der Waals surface area contributed by atoms with Crippen LogP contribution < -0.4 is 10.6 Å². The third-order valence-electron chi connectivity index (χ3n) is 4.31. The number of nitrogens with zero attached hydrogens (tertiary/aromatic N) is 4. The molecule has 2 heterocycles. The lowest BCUT2D eigenvalue weighted by atomic mass is 10.2. The van der Waals surface area contributed by atoms with Gasteiger partial charge in [0.1, 0.15) is 5.82 Å². The largest absolute Gasteiger partial charge is 0.317 e. The van der Waals surface area contributed by atoms with Crippen LogP contribution in [0.3, 0.4) is 0 Å². The van der Waals surface area contributed by atoms with E-state index < -0.39 is 0 Å². The summed E-state index contributed by atoms with van der Waals surface area (Å²) in [5.74, 6) is -0.180. The number of carbonyl (C=O) groups is 2. The summed E-state index contributed by atoms with van der Waals surface area (Å²) in [7, 11) is 1.67. The number of hydrogen-bond donors (Lipinski definition) is 2. The molecule has 27 heavy (non-hydrogen) atoms. The van der Waals surface area contributed by atoms with E-state index in [0.29, 0.717) is 17.1 Å². The predicted molar refractivity (Wildman–Crippen MR) is 103 cm³/mol. The highest BCUT2D eigenvalue weighted by Crippen LogP contribution is 2.21. The maximum Gasteiger partial charge on any atom is 0.276 e. The van der Waals surface area contributed by atoms with Gasteiger partial charge in [-0.25, -0.2) is 0 Å². The van der Waals surface area contributed by atoms with Crippen molar-refractivity contribution in [1.29, 1.82) is 0 Å².